The highest BCUT2D eigenvalue weighted by atomic mass is 16.3. The molecule has 0 radical (unpaired) electrons. The van der Waals surface area contributed by atoms with Crippen molar-refractivity contribution in [3.8, 4) is 11.3 Å². The number of aromatic amines is 1. The van der Waals surface area contributed by atoms with Crippen molar-refractivity contribution >= 4 is 0 Å². The third kappa shape index (κ3) is 4.34. The smallest absolute Gasteiger partial charge is 0.0695 e. The molecule has 1 aliphatic heterocycles. The molecule has 0 saturated carbocycles. The molecule has 4 heteroatoms. The van der Waals surface area contributed by atoms with Gasteiger partial charge in [0.1, 0.15) is 0 Å². The van der Waals surface area contributed by atoms with Crippen molar-refractivity contribution in [2.24, 2.45) is 5.41 Å². The Balaban J connectivity index is 1.44. The molecule has 0 amide bonds. The molecular weight excluding hydrogens is 346 g/mol. The molecule has 146 valence electrons. The first kappa shape index (κ1) is 18.9. The average molecular weight is 376 g/mol. The SMILES string of the molecule is OCC1(CCc2ccccc2)CCCN(Cc2cn[nH]c2-c2ccccc2)C1. The van der Waals surface area contributed by atoms with Crippen LogP contribution in [0, 0.1) is 5.41 Å². The number of piperidine rings is 1. The Kier molecular flexibility index (Phi) is 5.89. The summed E-state index contributed by atoms with van der Waals surface area (Å²) < 4.78 is 0. The van der Waals surface area contributed by atoms with Crippen molar-refractivity contribution in [2.75, 3.05) is 19.7 Å². The lowest BCUT2D eigenvalue weighted by molar-refractivity contribution is 0.0224. The topological polar surface area (TPSA) is 52.1 Å². The van der Waals surface area contributed by atoms with Crippen LogP contribution in [0.4, 0.5) is 0 Å². The van der Waals surface area contributed by atoms with E-state index >= 15 is 0 Å². The van der Waals surface area contributed by atoms with E-state index in [2.05, 4.69) is 69.7 Å². The second kappa shape index (κ2) is 8.72. The van der Waals surface area contributed by atoms with E-state index in [0.29, 0.717) is 0 Å². The number of aliphatic hydroxyl groups is 1. The Morgan fingerprint density at radius 2 is 1.79 bits per heavy atom. The fourth-order valence-electron chi connectivity index (χ4n) is 4.44. The minimum absolute atomic E-state index is 0.00919. The second-order valence-corrected chi connectivity index (χ2v) is 8.09. The van der Waals surface area contributed by atoms with Crippen molar-refractivity contribution in [3.05, 3.63) is 78.0 Å². The monoisotopic (exact) mass is 375 g/mol. The highest BCUT2D eigenvalue weighted by Crippen LogP contribution is 2.35. The molecule has 0 spiro atoms. The van der Waals surface area contributed by atoms with E-state index in [1.165, 1.54) is 16.7 Å². The van der Waals surface area contributed by atoms with Gasteiger partial charge < -0.3 is 5.11 Å². The normalized spacial score (nSPS) is 20.3. The number of nitrogens with one attached hydrogen (secondary N) is 1. The van der Waals surface area contributed by atoms with Gasteiger partial charge in [-0.15, -0.1) is 0 Å². The Morgan fingerprint density at radius 1 is 1.04 bits per heavy atom. The summed E-state index contributed by atoms with van der Waals surface area (Å²) in [5.74, 6) is 0. The van der Waals surface area contributed by atoms with Crippen LogP contribution < -0.4 is 0 Å². The van der Waals surface area contributed by atoms with Gasteiger partial charge in [0.2, 0.25) is 0 Å². The molecule has 0 aliphatic carbocycles. The number of hydrogen-bond acceptors (Lipinski definition) is 3. The van der Waals surface area contributed by atoms with Crippen molar-refractivity contribution in [2.45, 2.75) is 32.2 Å². The van der Waals surface area contributed by atoms with Crippen molar-refractivity contribution < 1.29 is 5.11 Å². The van der Waals surface area contributed by atoms with Crippen molar-refractivity contribution in [3.63, 3.8) is 0 Å². The largest absolute Gasteiger partial charge is 0.396 e. The number of aromatic nitrogens is 2. The van der Waals surface area contributed by atoms with Gasteiger partial charge in [-0.3, -0.25) is 10.00 Å². The van der Waals surface area contributed by atoms with Gasteiger partial charge in [-0.1, -0.05) is 60.7 Å². The standard InChI is InChI=1S/C24H29N3O/c28-19-24(14-12-20-8-3-1-4-9-20)13-7-15-27(18-24)17-22-16-25-26-23(22)21-10-5-2-6-11-21/h1-6,8-11,16,28H,7,12-15,17-19H2,(H,25,26). The van der Waals surface area contributed by atoms with Gasteiger partial charge in [-0.25, -0.2) is 0 Å². The van der Waals surface area contributed by atoms with Gasteiger partial charge in [-0.05, 0) is 43.4 Å². The Bertz CT molecular complexity index is 862. The van der Waals surface area contributed by atoms with Crippen molar-refractivity contribution in [1.29, 1.82) is 0 Å². The van der Waals surface area contributed by atoms with Gasteiger partial charge in [0.05, 0.1) is 11.9 Å². The summed E-state index contributed by atoms with van der Waals surface area (Å²) in [7, 11) is 0. The van der Waals surface area contributed by atoms with Crippen LogP contribution in [0.15, 0.2) is 66.9 Å². The zero-order chi connectivity index (χ0) is 19.2. The molecule has 2 N–H and O–H groups in total. The van der Waals surface area contributed by atoms with E-state index in [0.717, 1.165) is 51.0 Å². The number of nitrogens with zero attached hydrogens (tertiary/aromatic N) is 2. The van der Waals surface area contributed by atoms with Gasteiger partial charge in [0.15, 0.2) is 0 Å². The number of hydrogen-bond donors (Lipinski definition) is 2. The first-order chi connectivity index (χ1) is 13.8. The van der Waals surface area contributed by atoms with Crippen LogP contribution in [0.25, 0.3) is 11.3 Å². The van der Waals surface area contributed by atoms with Gasteiger partial charge >= 0.3 is 0 Å². The molecule has 2 aromatic carbocycles. The van der Waals surface area contributed by atoms with Crippen LogP contribution in [0.2, 0.25) is 0 Å². The maximum atomic E-state index is 10.3. The van der Waals surface area contributed by atoms with Crippen LogP contribution in [0.5, 0.6) is 0 Å². The maximum absolute atomic E-state index is 10.3. The summed E-state index contributed by atoms with van der Waals surface area (Å²) in [6, 6.07) is 21.0. The quantitative estimate of drug-likeness (QED) is 0.648. The van der Waals surface area contributed by atoms with Gasteiger partial charge in [-0.2, -0.15) is 5.10 Å². The molecule has 1 atom stereocenters. The van der Waals surface area contributed by atoms with E-state index < -0.39 is 0 Å². The van der Waals surface area contributed by atoms with Crippen LogP contribution >= 0.6 is 0 Å². The maximum Gasteiger partial charge on any atom is 0.0695 e. The summed E-state index contributed by atoms with van der Waals surface area (Å²) >= 11 is 0. The van der Waals surface area contributed by atoms with Crippen molar-refractivity contribution in [1.82, 2.24) is 15.1 Å². The Hall–Kier alpha value is -2.43. The van der Waals surface area contributed by atoms with Gasteiger partial charge in [0.25, 0.3) is 0 Å². The van der Waals surface area contributed by atoms with E-state index in [-0.39, 0.29) is 12.0 Å². The van der Waals surface area contributed by atoms with E-state index in [1.807, 2.05) is 12.3 Å². The van der Waals surface area contributed by atoms with Crippen LogP contribution in [-0.4, -0.2) is 39.9 Å². The molecule has 3 aromatic rings. The highest BCUT2D eigenvalue weighted by molar-refractivity contribution is 5.62. The molecule has 1 saturated heterocycles. The molecule has 4 rings (SSSR count). The summed E-state index contributed by atoms with van der Waals surface area (Å²) in [5.41, 5.74) is 4.84. The molecule has 1 unspecified atom stereocenters. The number of aliphatic hydroxyl groups excluding tert-OH is 1. The third-order valence-electron chi connectivity index (χ3n) is 6.04. The Labute approximate surface area is 167 Å². The number of aryl methyl sites for hydroxylation is 1. The minimum Gasteiger partial charge on any atom is -0.396 e. The molecular formula is C24H29N3O. The number of likely N-dealkylation sites (tertiary alicyclic amines) is 1. The lowest BCUT2D eigenvalue weighted by Gasteiger charge is -2.42. The fourth-order valence-corrected chi connectivity index (χ4v) is 4.44. The second-order valence-electron chi connectivity index (χ2n) is 8.09. The molecule has 4 nitrogen and oxygen atoms in total. The number of H-pyrrole nitrogens is 1. The fraction of sp³-hybridized carbons (Fsp3) is 0.375. The van der Waals surface area contributed by atoms with Crippen LogP contribution in [0.3, 0.4) is 0 Å². The highest BCUT2D eigenvalue weighted by Gasteiger charge is 2.34. The molecule has 1 fully saturated rings. The summed E-state index contributed by atoms with van der Waals surface area (Å²) in [6.07, 6.45) is 6.23. The molecule has 0 bridgehead atoms. The predicted octanol–water partition coefficient (Wildman–Crippen LogP) is 4.28. The first-order valence-corrected chi connectivity index (χ1v) is 10.2. The summed E-state index contributed by atoms with van der Waals surface area (Å²) in [5, 5.41) is 17.7. The predicted molar refractivity (Wildman–Crippen MR) is 113 cm³/mol. The third-order valence-corrected chi connectivity index (χ3v) is 6.04. The Morgan fingerprint density at radius 3 is 2.54 bits per heavy atom. The molecule has 2 heterocycles. The van der Waals surface area contributed by atoms with Crippen LogP contribution in [-0.2, 0) is 13.0 Å². The van der Waals surface area contributed by atoms with Crippen LogP contribution in [0.1, 0.15) is 30.4 Å². The minimum atomic E-state index is -0.00919. The first-order valence-electron chi connectivity index (χ1n) is 10.2. The molecule has 28 heavy (non-hydrogen) atoms. The van der Waals surface area contributed by atoms with E-state index in [1.54, 1.807) is 0 Å². The van der Waals surface area contributed by atoms with E-state index in [4.69, 9.17) is 0 Å². The van der Waals surface area contributed by atoms with Gasteiger partial charge in [0, 0.05) is 30.7 Å². The van der Waals surface area contributed by atoms with E-state index in [9.17, 15) is 5.11 Å². The summed E-state index contributed by atoms with van der Waals surface area (Å²) in [6.45, 7) is 3.14. The molecule has 1 aromatic heterocycles. The molecule has 1 aliphatic rings. The summed E-state index contributed by atoms with van der Waals surface area (Å²) in [4.78, 5) is 2.49. The zero-order valence-corrected chi connectivity index (χ0v) is 16.3. The average Bonchev–Trinajstić information content (AvgIpc) is 3.22. The number of rotatable bonds is 7. The zero-order valence-electron chi connectivity index (χ0n) is 16.3. The number of benzene rings is 2. The lowest BCUT2D eigenvalue weighted by Crippen LogP contribution is -2.45. The lowest BCUT2D eigenvalue weighted by atomic mass is 9.76.